The molecule has 4 amide bonds. The Hall–Kier alpha value is -2.66. The molecule has 0 spiro atoms. The predicted octanol–water partition coefficient (Wildman–Crippen LogP) is 2.82. The number of nitrogens with zero attached hydrogens (tertiary/aromatic N) is 2. The van der Waals surface area contributed by atoms with Gasteiger partial charge in [0.15, 0.2) is 4.34 Å². The maximum atomic E-state index is 12.1. The molecule has 9 nitrogen and oxygen atoms in total. The highest BCUT2D eigenvalue weighted by molar-refractivity contribution is 8.01. The summed E-state index contributed by atoms with van der Waals surface area (Å²) in [6.45, 7) is 0. The molecule has 1 aromatic carbocycles. The van der Waals surface area contributed by atoms with E-state index in [1.807, 2.05) is 0 Å². The number of hydrogen-bond donors (Lipinski definition) is 4. The highest BCUT2D eigenvalue weighted by atomic mass is 32.2. The van der Waals surface area contributed by atoms with E-state index in [9.17, 15) is 14.4 Å². The molecule has 0 aliphatic heterocycles. The highest BCUT2D eigenvalue weighted by Crippen LogP contribution is 2.26. The van der Waals surface area contributed by atoms with Crippen LogP contribution in [0, 0.1) is 0 Å². The lowest BCUT2D eigenvalue weighted by Gasteiger charge is -2.22. The van der Waals surface area contributed by atoms with E-state index in [1.165, 1.54) is 29.5 Å². The monoisotopic (exact) mass is 434 g/mol. The summed E-state index contributed by atoms with van der Waals surface area (Å²) in [6.07, 6.45) is 5.52. The molecule has 1 aliphatic rings. The van der Waals surface area contributed by atoms with Crippen LogP contribution in [0.2, 0.25) is 0 Å². The molecule has 0 radical (unpaired) electrons. The second-order valence-electron chi connectivity index (χ2n) is 6.58. The molecule has 1 fully saturated rings. The van der Waals surface area contributed by atoms with Crippen LogP contribution in [0.5, 0.6) is 0 Å². The summed E-state index contributed by atoms with van der Waals surface area (Å²) in [4.78, 5) is 35.2. The van der Waals surface area contributed by atoms with Crippen LogP contribution < -0.4 is 21.7 Å². The minimum Gasteiger partial charge on any atom is -0.366 e. The average Bonchev–Trinajstić information content (AvgIpc) is 3.14. The highest BCUT2D eigenvalue weighted by Gasteiger charge is 2.17. The zero-order valence-corrected chi connectivity index (χ0v) is 17.3. The number of hydrogen-bond acceptors (Lipinski definition) is 7. The van der Waals surface area contributed by atoms with Crippen molar-refractivity contribution in [3.05, 3.63) is 29.8 Å². The van der Waals surface area contributed by atoms with E-state index < -0.39 is 5.91 Å². The normalized spacial score (nSPS) is 14.2. The molecule has 0 unspecified atom stereocenters. The van der Waals surface area contributed by atoms with Crippen molar-refractivity contribution in [1.82, 2.24) is 15.5 Å². The van der Waals surface area contributed by atoms with E-state index in [2.05, 4.69) is 26.1 Å². The van der Waals surface area contributed by atoms with Gasteiger partial charge in [-0.3, -0.25) is 14.9 Å². The van der Waals surface area contributed by atoms with Crippen LogP contribution in [-0.4, -0.2) is 39.8 Å². The summed E-state index contributed by atoms with van der Waals surface area (Å²) >= 11 is 2.44. The molecule has 1 saturated carbocycles. The van der Waals surface area contributed by atoms with Gasteiger partial charge in [-0.15, -0.1) is 10.2 Å². The van der Waals surface area contributed by atoms with E-state index in [0.29, 0.717) is 20.7 Å². The third-order valence-electron chi connectivity index (χ3n) is 4.35. The van der Waals surface area contributed by atoms with E-state index in [1.54, 1.807) is 24.3 Å². The summed E-state index contributed by atoms with van der Waals surface area (Å²) in [6, 6.07) is 6.26. The first-order valence-corrected chi connectivity index (χ1v) is 11.0. The van der Waals surface area contributed by atoms with Crippen molar-refractivity contribution in [2.75, 3.05) is 16.4 Å². The van der Waals surface area contributed by atoms with Crippen molar-refractivity contribution in [2.45, 2.75) is 42.5 Å². The predicted molar refractivity (Wildman–Crippen MR) is 113 cm³/mol. The van der Waals surface area contributed by atoms with Gasteiger partial charge in [0.1, 0.15) is 0 Å². The third-order valence-corrected chi connectivity index (χ3v) is 6.32. The number of anilines is 2. The number of urea groups is 1. The number of carbonyl (C=O) groups excluding carboxylic acids is 3. The van der Waals surface area contributed by atoms with Crippen LogP contribution in [0.4, 0.5) is 15.6 Å². The van der Waals surface area contributed by atoms with Gasteiger partial charge in [0.25, 0.3) is 0 Å². The summed E-state index contributed by atoms with van der Waals surface area (Å²) in [5.41, 5.74) is 6.13. The number of rotatable bonds is 7. The van der Waals surface area contributed by atoms with Gasteiger partial charge >= 0.3 is 6.03 Å². The average molecular weight is 435 g/mol. The van der Waals surface area contributed by atoms with Crippen LogP contribution >= 0.6 is 23.1 Å². The number of carbonyl (C=O) groups is 3. The Bertz CT molecular complexity index is 865. The lowest BCUT2D eigenvalue weighted by atomic mass is 9.96. The minimum atomic E-state index is -0.522. The first-order chi connectivity index (χ1) is 14.0. The quantitative estimate of drug-likeness (QED) is 0.390. The van der Waals surface area contributed by atoms with Crippen molar-refractivity contribution >= 4 is 51.8 Å². The zero-order valence-electron chi connectivity index (χ0n) is 15.6. The first-order valence-electron chi connectivity index (χ1n) is 9.23. The van der Waals surface area contributed by atoms with Crippen molar-refractivity contribution < 1.29 is 14.4 Å². The minimum absolute atomic E-state index is 0.139. The Morgan fingerprint density at radius 1 is 1.07 bits per heavy atom. The van der Waals surface area contributed by atoms with Gasteiger partial charge in [-0.1, -0.05) is 42.4 Å². The van der Waals surface area contributed by atoms with Crippen LogP contribution in [0.3, 0.4) is 0 Å². The molecule has 0 bridgehead atoms. The third kappa shape index (κ3) is 6.71. The number of aromatic nitrogens is 2. The number of primary amides is 1. The molecule has 154 valence electrons. The van der Waals surface area contributed by atoms with E-state index in [4.69, 9.17) is 5.73 Å². The summed E-state index contributed by atoms with van der Waals surface area (Å²) < 4.78 is 0.581. The Morgan fingerprint density at radius 2 is 1.79 bits per heavy atom. The largest absolute Gasteiger partial charge is 0.366 e. The maximum Gasteiger partial charge on any atom is 0.321 e. The number of benzene rings is 1. The molecule has 29 heavy (non-hydrogen) atoms. The first kappa shape index (κ1) is 21.1. The van der Waals surface area contributed by atoms with Gasteiger partial charge < -0.3 is 16.4 Å². The number of amides is 4. The van der Waals surface area contributed by atoms with E-state index in [0.717, 1.165) is 25.7 Å². The summed E-state index contributed by atoms with van der Waals surface area (Å²) in [7, 11) is 0. The molecule has 2 aromatic rings. The van der Waals surface area contributed by atoms with Crippen LogP contribution in [0.1, 0.15) is 42.5 Å². The smallest absolute Gasteiger partial charge is 0.321 e. The fourth-order valence-corrected chi connectivity index (χ4v) is 4.47. The molecule has 11 heteroatoms. The zero-order chi connectivity index (χ0) is 20.6. The lowest BCUT2D eigenvalue weighted by Crippen LogP contribution is -2.38. The Balaban J connectivity index is 1.41. The van der Waals surface area contributed by atoms with Crippen molar-refractivity contribution in [3.63, 3.8) is 0 Å². The van der Waals surface area contributed by atoms with Gasteiger partial charge in [-0.25, -0.2) is 4.79 Å². The molecule has 0 saturated heterocycles. The molecule has 5 N–H and O–H groups in total. The van der Waals surface area contributed by atoms with E-state index >= 15 is 0 Å². The Kier molecular flexibility index (Phi) is 7.42. The van der Waals surface area contributed by atoms with Gasteiger partial charge in [0.05, 0.1) is 5.75 Å². The molecule has 1 heterocycles. The van der Waals surface area contributed by atoms with Crippen molar-refractivity contribution in [2.24, 2.45) is 5.73 Å². The van der Waals surface area contributed by atoms with Gasteiger partial charge in [-0.05, 0) is 37.1 Å². The van der Waals surface area contributed by atoms with Gasteiger partial charge in [0.2, 0.25) is 16.9 Å². The topological polar surface area (TPSA) is 139 Å². The van der Waals surface area contributed by atoms with Gasteiger partial charge in [-0.2, -0.15) is 0 Å². The lowest BCUT2D eigenvalue weighted by molar-refractivity contribution is -0.113. The second-order valence-corrected chi connectivity index (χ2v) is 8.78. The number of nitrogens with one attached hydrogen (secondary N) is 3. The molecule has 1 aromatic heterocycles. The van der Waals surface area contributed by atoms with Crippen molar-refractivity contribution in [3.8, 4) is 0 Å². The molecule has 1 aliphatic carbocycles. The fourth-order valence-electron chi connectivity index (χ4n) is 2.93. The standard InChI is InChI=1S/C18H22N6O3S2/c19-15(26)11-6-8-13(9-7-11)20-14(25)10-28-18-24-23-17(29-18)22-16(27)21-12-4-2-1-3-5-12/h6-9,12H,1-5,10H2,(H2,19,26)(H,20,25)(H2,21,22,23,27). The molecule has 3 rings (SSSR count). The summed E-state index contributed by atoms with van der Waals surface area (Å²) in [5, 5.41) is 16.7. The maximum absolute atomic E-state index is 12.1. The van der Waals surface area contributed by atoms with Crippen LogP contribution in [-0.2, 0) is 4.79 Å². The number of nitrogens with two attached hydrogens (primary N) is 1. The Labute approximate surface area is 176 Å². The van der Waals surface area contributed by atoms with Crippen LogP contribution in [0.15, 0.2) is 28.6 Å². The molecule has 0 atom stereocenters. The molecular formula is C18H22N6O3S2. The fraction of sp³-hybridized carbons (Fsp3) is 0.389. The Morgan fingerprint density at radius 3 is 2.48 bits per heavy atom. The second kappa shape index (κ2) is 10.2. The van der Waals surface area contributed by atoms with Gasteiger partial charge in [0, 0.05) is 17.3 Å². The molecular weight excluding hydrogens is 412 g/mol. The summed E-state index contributed by atoms with van der Waals surface area (Å²) in [5.74, 6) is -0.603. The number of thioether (sulfide) groups is 1. The van der Waals surface area contributed by atoms with Crippen molar-refractivity contribution in [1.29, 1.82) is 0 Å². The van der Waals surface area contributed by atoms with E-state index in [-0.39, 0.29) is 23.7 Å². The van der Waals surface area contributed by atoms with Crippen LogP contribution in [0.25, 0.3) is 0 Å². The SMILES string of the molecule is NC(=O)c1ccc(NC(=O)CSc2nnc(NC(=O)NC3CCCCC3)s2)cc1.